The predicted molar refractivity (Wildman–Crippen MR) is 149 cm³/mol. The van der Waals surface area contributed by atoms with E-state index in [0.717, 1.165) is 85.8 Å². The molecule has 1 saturated heterocycles. The first-order valence-corrected chi connectivity index (χ1v) is 13.8. The van der Waals surface area contributed by atoms with Crippen LogP contribution in [0.25, 0.3) is 5.69 Å². The van der Waals surface area contributed by atoms with Gasteiger partial charge < -0.3 is 14.5 Å². The van der Waals surface area contributed by atoms with E-state index in [1.165, 1.54) is 4.90 Å². The molecule has 0 bridgehead atoms. The largest absolute Gasteiger partial charge is 0.488 e. The van der Waals surface area contributed by atoms with Gasteiger partial charge in [0.15, 0.2) is 11.6 Å². The number of ether oxygens (including phenoxy) is 1. The van der Waals surface area contributed by atoms with Crippen LogP contribution in [0.1, 0.15) is 22.8 Å². The Labute approximate surface area is 232 Å². The van der Waals surface area contributed by atoms with E-state index in [2.05, 4.69) is 14.8 Å². The molecule has 3 heterocycles. The number of quaternary nitrogens is 2. The van der Waals surface area contributed by atoms with Gasteiger partial charge in [-0.25, -0.2) is 0 Å². The fourth-order valence-corrected chi connectivity index (χ4v) is 5.69. The molecule has 0 radical (unpaired) electrons. The van der Waals surface area contributed by atoms with Crippen molar-refractivity contribution in [1.29, 1.82) is 0 Å². The third-order valence-corrected chi connectivity index (χ3v) is 7.86. The standard InChI is InChI=1S/C29H28Cl2N6O/c30-21-10-11-26-24(18-21)29(23-8-4-5-9-25(23)31)32-19-27-33-34-28(37(26)27)20-36-14-12-35(13-15-36)16-17-38-22-6-2-1-3-7-22/h1-11,18H,12-17,19-20H2/p+2. The number of aromatic nitrogens is 3. The van der Waals surface area contributed by atoms with Crippen LogP contribution in [-0.4, -0.2) is 59.8 Å². The zero-order chi connectivity index (χ0) is 25.9. The highest BCUT2D eigenvalue weighted by Gasteiger charge is 2.28. The van der Waals surface area contributed by atoms with E-state index in [4.69, 9.17) is 32.9 Å². The summed E-state index contributed by atoms with van der Waals surface area (Å²) < 4.78 is 8.07. The number of hydrogen-bond acceptors (Lipinski definition) is 4. The molecule has 9 heteroatoms. The Morgan fingerprint density at radius 3 is 2.39 bits per heavy atom. The molecule has 0 unspecified atom stereocenters. The summed E-state index contributed by atoms with van der Waals surface area (Å²) in [6.45, 7) is 7.37. The molecular weight excluding hydrogens is 519 g/mol. The van der Waals surface area contributed by atoms with Crippen LogP contribution >= 0.6 is 23.2 Å². The van der Waals surface area contributed by atoms with Crippen molar-refractivity contribution in [3.05, 3.63) is 106 Å². The molecule has 0 amide bonds. The maximum Gasteiger partial charge on any atom is 0.192 e. The Bertz CT molecular complexity index is 1450. The van der Waals surface area contributed by atoms with Crippen LogP contribution in [0.2, 0.25) is 10.0 Å². The van der Waals surface area contributed by atoms with Crippen LogP contribution < -0.4 is 14.5 Å². The molecule has 38 heavy (non-hydrogen) atoms. The summed E-state index contributed by atoms with van der Waals surface area (Å²) in [5, 5.41) is 10.5. The molecule has 2 aliphatic heterocycles. The first-order chi connectivity index (χ1) is 18.7. The minimum atomic E-state index is 0.425. The van der Waals surface area contributed by atoms with Gasteiger partial charge >= 0.3 is 0 Å². The highest BCUT2D eigenvalue weighted by molar-refractivity contribution is 6.36. The second-order valence-corrected chi connectivity index (χ2v) is 10.6. The molecule has 2 aliphatic rings. The van der Waals surface area contributed by atoms with Crippen molar-refractivity contribution in [3.63, 3.8) is 0 Å². The fraction of sp³-hybridized carbons (Fsp3) is 0.276. The van der Waals surface area contributed by atoms with Crippen LogP contribution in [0, 0.1) is 0 Å². The quantitative estimate of drug-likeness (QED) is 0.372. The molecule has 2 N–H and O–H groups in total. The molecule has 1 aromatic heterocycles. The number of rotatable bonds is 7. The second-order valence-electron chi connectivity index (χ2n) is 9.76. The minimum absolute atomic E-state index is 0.425. The Balaban J connectivity index is 1.16. The van der Waals surface area contributed by atoms with Crippen molar-refractivity contribution < 1.29 is 14.5 Å². The van der Waals surface area contributed by atoms with E-state index < -0.39 is 0 Å². The predicted octanol–water partition coefficient (Wildman–Crippen LogP) is 2.29. The second kappa shape index (κ2) is 11.3. The lowest BCUT2D eigenvalue weighted by molar-refractivity contribution is -1.02. The highest BCUT2D eigenvalue weighted by Crippen LogP contribution is 2.30. The van der Waals surface area contributed by atoms with Crippen molar-refractivity contribution in [1.82, 2.24) is 14.8 Å². The number of hydrogen-bond donors (Lipinski definition) is 2. The lowest BCUT2D eigenvalue weighted by Crippen LogP contribution is -3.27. The van der Waals surface area contributed by atoms with E-state index in [1.807, 2.05) is 72.8 Å². The number of fused-ring (bicyclic) bond motifs is 3. The highest BCUT2D eigenvalue weighted by atomic mass is 35.5. The van der Waals surface area contributed by atoms with Crippen molar-refractivity contribution in [2.45, 2.75) is 13.1 Å². The Morgan fingerprint density at radius 1 is 0.816 bits per heavy atom. The van der Waals surface area contributed by atoms with E-state index in [-0.39, 0.29) is 0 Å². The van der Waals surface area contributed by atoms with Crippen molar-refractivity contribution in [2.24, 2.45) is 4.99 Å². The number of piperazine rings is 1. The van der Waals surface area contributed by atoms with Gasteiger partial charge in [0.05, 0.1) is 11.4 Å². The normalized spacial score (nSPS) is 18.7. The average molecular weight is 550 g/mol. The van der Waals surface area contributed by atoms with Crippen molar-refractivity contribution in [2.75, 3.05) is 39.3 Å². The van der Waals surface area contributed by atoms with Gasteiger partial charge in [0.2, 0.25) is 0 Å². The average Bonchev–Trinajstić information content (AvgIpc) is 3.25. The van der Waals surface area contributed by atoms with E-state index in [1.54, 1.807) is 4.90 Å². The van der Waals surface area contributed by atoms with Gasteiger partial charge in [-0.15, -0.1) is 10.2 Å². The van der Waals surface area contributed by atoms with E-state index in [9.17, 15) is 0 Å². The molecule has 1 fully saturated rings. The summed E-state index contributed by atoms with van der Waals surface area (Å²) in [6.07, 6.45) is 0. The summed E-state index contributed by atoms with van der Waals surface area (Å²) in [6, 6.07) is 23.7. The molecule has 4 aromatic rings. The summed E-state index contributed by atoms with van der Waals surface area (Å²) in [4.78, 5) is 8.03. The van der Waals surface area contributed by atoms with Gasteiger partial charge in [0, 0.05) is 21.2 Å². The lowest BCUT2D eigenvalue weighted by atomic mass is 10.0. The zero-order valence-corrected chi connectivity index (χ0v) is 22.5. The number of aliphatic imine (C=N–C) groups is 1. The molecule has 3 aromatic carbocycles. The summed E-state index contributed by atoms with van der Waals surface area (Å²) in [7, 11) is 0. The van der Waals surface area contributed by atoms with Gasteiger partial charge in [0.1, 0.15) is 58.2 Å². The number of benzene rings is 3. The maximum absolute atomic E-state index is 6.58. The molecular formula is C29H30Cl2N6O+2. The molecule has 7 nitrogen and oxygen atoms in total. The maximum atomic E-state index is 6.58. The SMILES string of the molecule is Clc1ccc2c(c1)C(c1ccccc1Cl)=NCc1nnc(C[NH+]3CC[NH+](CCOc4ccccc4)CC3)n1-2. The van der Waals surface area contributed by atoms with Gasteiger partial charge in [-0.3, -0.25) is 9.56 Å². The monoisotopic (exact) mass is 548 g/mol. The van der Waals surface area contributed by atoms with Crippen LogP contribution in [0.4, 0.5) is 0 Å². The van der Waals surface area contributed by atoms with Crippen LogP contribution in [-0.2, 0) is 13.1 Å². The summed E-state index contributed by atoms with van der Waals surface area (Å²) >= 11 is 13.0. The third kappa shape index (κ3) is 5.33. The van der Waals surface area contributed by atoms with Gasteiger partial charge in [0.25, 0.3) is 0 Å². The van der Waals surface area contributed by atoms with Gasteiger partial charge in [-0.2, -0.15) is 0 Å². The van der Waals surface area contributed by atoms with Crippen LogP contribution in [0.5, 0.6) is 5.75 Å². The van der Waals surface area contributed by atoms with Gasteiger partial charge in [-0.05, 0) is 36.4 Å². The third-order valence-electron chi connectivity index (χ3n) is 7.30. The van der Waals surface area contributed by atoms with Crippen molar-refractivity contribution >= 4 is 28.9 Å². The molecule has 0 spiro atoms. The first-order valence-electron chi connectivity index (χ1n) is 13.0. The Hall–Kier alpha value is -3.23. The lowest BCUT2D eigenvalue weighted by Gasteiger charge is -2.29. The topological polar surface area (TPSA) is 61.2 Å². The van der Waals surface area contributed by atoms with Crippen LogP contribution in [0.3, 0.4) is 0 Å². The number of halogens is 2. The molecule has 194 valence electrons. The molecule has 6 rings (SSSR count). The number of para-hydroxylation sites is 1. The Morgan fingerprint density at radius 2 is 1.58 bits per heavy atom. The smallest absolute Gasteiger partial charge is 0.192 e. The van der Waals surface area contributed by atoms with E-state index in [0.29, 0.717) is 16.6 Å². The molecule has 0 atom stereocenters. The minimum Gasteiger partial charge on any atom is -0.488 e. The van der Waals surface area contributed by atoms with Gasteiger partial charge in [-0.1, -0.05) is 59.6 Å². The fourth-order valence-electron chi connectivity index (χ4n) is 5.30. The summed E-state index contributed by atoms with van der Waals surface area (Å²) in [5.74, 6) is 2.71. The van der Waals surface area contributed by atoms with E-state index >= 15 is 0 Å². The van der Waals surface area contributed by atoms with Crippen LogP contribution in [0.15, 0.2) is 77.8 Å². The molecule has 0 saturated carbocycles. The Kier molecular flexibility index (Phi) is 7.42. The zero-order valence-electron chi connectivity index (χ0n) is 21.0. The summed E-state index contributed by atoms with van der Waals surface area (Å²) in [5.41, 5.74) is 3.64. The van der Waals surface area contributed by atoms with Crippen molar-refractivity contribution in [3.8, 4) is 11.4 Å². The number of nitrogens with one attached hydrogen (secondary N) is 2. The first kappa shape index (κ1) is 25.1. The molecule has 0 aliphatic carbocycles. The number of nitrogens with zero attached hydrogens (tertiary/aromatic N) is 4.